The molecule has 3 rings (SSSR count). The van der Waals surface area contributed by atoms with Crippen LogP contribution in [-0.4, -0.2) is 47.4 Å². The number of Topliss-reactive ketones (excluding diaryl/α,β-unsaturated/α-hetero) is 2. The molecule has 0 saturated carbocycles. The van der Waals surface area contributed by atoms with Crippen molar-refractivity contribution in [3.8, 4) is 11.5 Å². The van der Waals surface area contributed by atoms with Crippen molar-refractivity contribution in [2.45, 2.75) is 38.7 Å². The molecule has 0 spiro atoms. The van der Waals surface area contributed by atoms with Gasteiger partial charge in [0.15, 0.2) is 5.78 Å². The van der Waals surface area contributed by atoms with E-state index in [1.807, 2.05) is 0 Å². The summed E-state index contributed by atoms with van der Waals surface area (Å²) in [4.78, 5) is 55.0. The van der Waals surface area contributed by atoms with Crippen LogP contribution in [0.15, 0.2) is 79.0 Å². The average molecular weight is 572 g/mol. The Labute approximate surface area is 234 Å². The highest BCUT2D eigenvalue weighted by molar-refractivity contribution is 6.38. The van der Waals surface area contributed by atoms with Gasteiger partial charge in [0, 0.05) is 25.0 Å². The minimum atomic E-state index is -4.83. The predicted molar refractivity (Wildman–Crippen MR) is 141 cm³/mol. The second kappa shape index (κ2) is 14.6. The number of amides is 2. The SMILES string of the molecule is C[C@@H](CC(=O)COc1ccc(OC(F)(F)F)cc1)C(=O)N[C@H](Cc1ccccc1)C(=O)C(=O)NCc1ccccn1. The normalized spacial score (nSPS) is 12.5. The zero-order chi connectivity index (χ0) is 29.8. The summed E-state index contributed by atoms with van der Waals surface area (Å²) in [7, 11) is 0. The van der Waals surface area contributed by atoms with E-state index in [-0.39, 0.29) is 25.1 Å². The number of rotatable bonds is 14. The topological polar surface area (TPSA) is 124 Å². The molecule has 216 valence electrons. The molecule has 1 heterocycles. The number of halogens is 3. The first-order chi connectivity index (χ1) is 19.5. The molecule has 12 heteroatoms. The van der Waals surface area contributed by atoms with Gasteiger partial charge in [-0.25, -0.2) is 0 Å². The predicted octanol–water partition coefficient (Wildman–Crippen LogP) is 3.57. The Kier molecular flexibility index (Phi) is 11.0. The van der Waals surface area contributed by atoms with Crippen molar-refractivity contribution in [2.75, 3.05) is 6.61 Å². The van der Waals surface area contributed by atoms with Crippen LogP contribution in [0.4, 0.5) is 13.2 Å². The number of nitrogens with zero attached hydrogens (tertiary/aromatic N) is 1. The van der Waals surface area contributed by atoms with Crippen LogP contribution >= 0.6 is 0 Å². The highest BCUT2D eigenvalue weighted by Gasteiger charge is 2.31. The van der Waals surface area contributed by atoms with Gasteiger partial charge in [0.25, 0.3) is 5.91 Å². The second-order valence-electron chi connectivity index (χ2n) is 9.07. The largest absolute Gasteiger partial charge is 0.573 e. The van der Waals surface area contributed by atoms with Gasteiger partial charge in [-0.1, -0.05) is 43.3 Å². The standard InChI is InChI=1S/C29H28F3N3O6/c1-19(15-22(36)18-40-23-10-12-24(13-11-23)41-29(30,31)32)27(38)35-25(16-20-7-3-2-4-8-20)26(37)28(39)34-17-21-9-5-6-14-33-21/h2-14,19,25H,15-18H2,1H3,(H,34,39)(H,35,38)/t19-,25+/m0/s1. The molecule has 2 N–H and O–H groups in total. The van der Waals surface area contributed by atoms with Gasteiger partial charge in [0.05, 0.1) is 12.2 Å². The monoisotopic (exact) mass is 571 g/mol. The summed E-state index contributed by atoms with van der Waals surface area (Å²) in [6, 6.07) is 17.3. The Hall–Kier alpha value is -4.74. The van der Waals surface area contributed by atoms with E-state index < -0.39 is 54.1 Å². The molecule has 2 atom stereocenters. The molecule has 41 heavy (non-hydrogen) atoms. The van der Waals surface area contributed by atoms with E-state index in [9.17, 15) is 32.3 Å². The highest BCUT2D eigenvalue weighted by Crippen LogP contribution is 2.24. The van der Waals surface area contributed by atoms with E-state index in [0.29, 0.717) is 11.3 Å². The first-order valence-corrected chi connectivity index (χ1v) is 12.6. The molecule has 0 radical (unpaired) electrons. The lowest BCUT2D eigenvalue weighted by atomic mass is 9.99. The first-order valence-electron chi connectivity index (χ1n) is 12.6. The number of carbonyl (C=O) groups excluding carboxylic acids is 4. The number of nitrogens with one attached hydrogen (secondary N) is 2. The van der Waals surface area contributed by atoms with Crippen molar-refractivity contribution in [3.63, 3.8) is 0 Å². The first kappa shape index (κ1) is 30.8. The van der Waals surface area contributed by atoms with Crippen molar-refractivity contribution in [1.29, 1.82) is 0 Å². The number of pyridine rings is 1. The van der Waals surface area contributed by atoms with Crippen molar-refractivity contribution < 1.29 is 41.8 Å². The van der Waals surface area contributed by atoms with Crippen molar-refractivity contribution >= 4 is 23.4 Å². The van der Waals surface area contributed by atoms with Gasteiger partial charge in [0.1, 0.15) is 24.1 Å². The quantitative estimate of drug-likeness (QED) is 0.284. The van der Waals surface area contributed by atoms with E-state index in [1.165, 1.54) is 19.1 Å². The Morgan fingerprint density at radius 3 is 2.20 bits per heavy atom. The smallest absolute Gasteiger partial charge is 0.486 e. The number of hydrogen-bond acceptors (Lipinski definition) is 7. The summed E-state index contributed by atoms with van der Waals surface area (Å²) >= 11 is 0. The second-order valence-corrected chi connectivity index (χ2v) is 9.07. The van der Waals surface area contributed by atoms with E-state index >= 15 is 0 Å². The van der Waals surface area contributed by atoms with Gasteiger partial charge in [-0.15, -0.1) is 13.2 Å². The fourth-order valence-electron chi connectivity index (χ4n) is 3.69. The number of carbonyl (C=O) groups is 4. The third-order valence-electron chi connectivity index (χ3n) is 5.73. The minimum Gasteiger partial charge on any atom is -0.486 e. The van der Waals surface area contributed by atoms with Crippen molar-refractivity contribution in [2.24, 2.45) is 5.92 Å². The number of ketones is 2. The highest BCUT2D eigenvalue weighted by atomic mass is 19.4. The molecular formula is C29H28F3N3O6. The summed E-state index contributed by atoms with van der Waals surface area (Å²) in [6.07, 6.45) is -3.46. The van der Waals surface area contributed by atoms with Crippen LogP contribution in [-0.2, 0) is 32.1 Å². The Morgan fingerprint density at radius 2 is 1.56 bits per heavy atom. The van der Waals surface area contributed by atoms with Crippen LogP contribution in [0.5, 0.6) is 11.5 Å². The van der Waals surface area contributed by atoms with Gasteiger partial charge >= 0.3 is 6.36 Å². The lowest BCUT2D eigenvalue weighted by Gasteiger charge is -2.20. The number of benzene rings is 2. The van der Waals surface area contributed by atoms with E-state index in [4.69, 9.17) is 4.74 Å². The van der Waals surface area contributed by atoms with E-state index in [0.717, 1.165) is 12.1 Å². The molecule has 0 saturated heterocycles. The molecule has 0 aliphatic rings. The molecule has 0 unspecified atom stereocenters. The molecule has 1 aromatic heterocycles. The Bertz CT molecular complexity index is 1320. The molecule has 0 aliphatic heterocycles. The molecule has 3 aromatic rings. The summed E-state index contributed by atoms with van der Waals surface area (Å²) in [5.74, 6) is -3.97. The summed E-state index contributed by atoms with van der Waals surface area (Å²) in [5, 5.41) is 5.09. The number of ether oxygens (including phenoxy) is 2. The molecular weight excluding hydrogens is 543 g/mol. The molecule has 0 bridgehead atoms. The van der Waals surface area contributed by atoms with Crippen LogP contribution < -0.4 is 20.1 Å². The summed E-state index contributed by atoms with van der Waals surface area (Å²) in [5.41, 5.74) is 1.27. The van der Waals surface area contributed by atoms with E-state index in [1.54, 1.807) is 54.7 Å². The fraction of sp³-hybridized carbons (Fsp3) is 0.276. The number of alkyl halides is 3. The Morgan fingerprint density at radius 1 is 0.902 bits per heavy atom. The lowest BCUT2D eigenvalue weighted by Crippen LogP contribution is -2.50. The number of aromatic nitrogens is 1. The van der Waals surface area contributed by atoms with Gasteiger partial charge in [-0.2, -0.15) is 0 Å². The van der Waals surface area contributed by atoms with Crippen molar-refractivity contribution in [3.05, 3.63) is 90.3 Å². The van der Waals surface area contributed by atoms with Crippen LogP contribution in [0.1, 0.15) is 24.6 Å². The fourth-order valence-corrected chi connectivity index (χ4v) is 3.69. The zero-order valence-corrected chi connectivity index (χ0v) is 22.0. The number of hydrogen-bond donors (Lipinski definition) is 2. The summed E-state index contributed by atoms with van der Waals surface area (Å²) in [6.45, 7) is 1.08. The zero-order valence-electron chi connectivity index (χ0n) is 22.0. The lowest BCUT2D eigenvalue weighted by molar-refractivity contribution is -0.274. The Balaban J connectivity index is 1.55. The molecule has 2 amide bonds. The third-order valence-corrected chi connectivity index (χ3v) is 5.73. The van der Waals surface area contributed by atoms with Crippen molar-refractivity contribution in [1.82, 2.24) is 15.6 Å². The van der Waals surface area contributed by atoms with Gasteiger partial charge in [-0.3, -0.25) is 24.2 Å². The maximum absolute atomic E-state index is 13.0. The molecule has 0 fully saturated rings. The van der Waals surface area contributed by atoms with Crippen LogP contribution in [0, 0.1) is 5.92 Å². The van der Waals surface area contributed by atoms with Gasteiger partial charge in [0.2, 0.25) is 11.7 Å². The molecule has 0 aliphatic carbocycles. The van der Waals surface area contributed by atoms with Crippen LogP contribution in [0.25, 0.3) is 0 Å². The van der Waals surface area contributed by atoms with Crippen LogP contribution in [0.3, 0.4) is 0 Å². The molecule has 2 aromatic carbocycles. The average Bonchev–Trinajstić information content (AvgIpc) is 2.95. The minimum absolute atomic E-state index is 0.0282. The van der Waals surface area contributed by atoms with Crippen LogP contribution in [0.2, 0.25) is 0 Å². The van der Waals surface area contributed by atoms with Gasteiger partial charge in [-0.05, 0) is 42.0 Å². The maximum Gasteiger partial charge on any atom is 0.573 e. The summed E-state index contributed by atoms with van der Waals surface area (Å²) < 4.78 is 45.9. The maximum atomic E-state index is 13.0. The van der Waals surface area contributed by atoms with Gasteiger partial charge < -0.3 is 20.1 Å². The van der Waals surface area contributed by atoms with E-state index in [2.05, 4.69) is 20.4 Å². The third kappa shape index (κ3) is 10.7. The molecule has 9 nitrogen and oxygen atoms in total.